The summed E-state index contributed by atoms with van der Waals surface area (Å²) in [5.74, 6) is -1.27. The fourth-order valence-corrected chi connectivity index (χ4v) is 4.01. The molecule has 8 nitrogen and oxygen atoms in total. The zero-order valence-corrected chi connectivity index (χ0v) is 16.1. The van der Waals surface area contributed by atoms with Crippen LogP contribution in [0.4, 0.5) is 0 Å². The van der Waals surface area contributed by atoms with Crippen LogP contribution in [0.2, 0.25) is 0 Å². The van der Waals surface area contributed by atoms with E-state index in [1.54, 1.807) is 0 Å². The molecule has 0 saturated carbocycles. The van der Waals surface area contributed by atoms with Crippen molar-refractivity contribution < 1.29 is 33.2 Å². The summed E-state index contributed by atoms with van der Waals surface area (Å²) in [4.78, 5) is 2.35. The molecule has 0 aromatic carbocycles. The lowest BCUT2D eigenvalue weighted by Crippen LogP contribution is -2.45. The maximum Gasteiger partial charge on any atom is 0.190 e. The Labute approximate surface area is 154 Å². The van der Waals surface area contributed by atoms with E-state index >= 15 is 0 Å². The lowest BCUT2D eigenvalue weighted by Gasteiger charge is -2.30. The monoisotopic (exact) mass is 373 g/mol. The highest BCUT2D eigenvalue weighted by Gasteiger charge is 2.58. The Kier molecular flexibility index (Phi) is 5.31. The number of hydrogen-bond donors (Lipinski definition) is 0. The van der Waals surface area contributed by atoms with Gasteiger partial charge in [-0.3, -0.25) is 4.90 Å². The van der Waals surface area contributed by atoms with Crippen molar-refractivity contribution in [3.8, 4) is 0 Å². The van der Waals surface area contributed by atoms with Crippen LogP contribution in [0.15, 0.2) is 0 Å². The third-order valence-electron chi connectivity index (χ3n) is 5.25. The standard InChI is InChI=1S/C18H31NO7/c1-17(2)22-11-12(24-17)13-14(15-16(23-13)26-18(3,4)25-15)21-10-7-19-5-8-20-9-6-19/h12-16H,5-11H2,1-4H3/t12?,13-,14+,15-,16-/m1/s1. The molecule has 0 aromatic rings. The van der Waals surface area contributed by atoms with E-state index in [9.17, 15) is 0 Å². The number of ether oxygens (including phenoxy) is 7. The Bertz CT molecular complexity index is 494. The predicted octanol–water partition coefficient (Wildman–Crippen LogP) is 0.732. The summed E-state index contributed by atoms with van der Waals surface area (Å²) >= 11 is 0. The van der Waals surface area contributed by atoms with Crippen molar-refractivity contribution in [1.29, 1.82) is 0 Å². The van der Waals surface area contributed by atoms with E-state index in [0.29, 0.717) is 13.2 Å². The number of fused-ring (bicyclic) bond motifs is 1. The fourth-order valence-electron chi connectivity index (χ4n) is 4.01. The summed E-state index contributed by atoms with van der Waals surface area (Å²) in [5, 5.41) is 0. The van der Waals surface area contributed by atoms with Gasteiger partial charge in [0.15, 0.2) is 17.9 Å². The van der Waals surface area contributed by atoms with Crippen LogP contribution in [0, 0.1) is 0 Å². The number of nitrogens with zero attached hydrogens (tertiary/aromatic N) is 1. The topological polar surface area (TPSA) is 67.9 Å². The molecule has 5 atom stereocenters. The van der Waals surface area contributed by atoms with Crippen LogP contribution >= 0.6 is 0 Å². The highest BCUT2D eigenvalue weighted by molar-refractivity contribution is 4.98. The molecular formula is C18H31NO7. The van der Waals surface area contributed by atoms with Crippen molar-refractivity contribution in [2.24, 2.45) is 0 Å². The van der Waals surface area contributed by atoms with Gasteiger partial charge in [0, 0.05) is 19.6 Å². The van der Waals surface area contributed by atoms with Gasteiger partial charge in [-0.05, 0) is 27.7 Å². The third-order valence-corrected chi connectivity index (χ3v) is 5.25. The molecule has 0 spiro atoms. The molecule has 4 aliphatic heterocycles. The summed E-state index contributed by atoms with van der Waals surface area (Å²) in [6, 6.07) is 0. The Morgan fingerprint density at radius 1 is 0.962 bits per heavy atom. The number of rotatable bonds is 5. The van der Waals surface area contributed by atoms with Gasteiger partial charge >= 0.3 is 0 Å². The first-order chi connectivity index (χ1) is 12.3. The van der Waals surface area contributed by atoms with E-state index in [0.717, 1.165) is 32.8 Å². The normalized spacial score (nSPS) is 42.2. The molecule has 150 valence electrons. The third kappa shape index (κ3) is 4.07. The number of morpholine rings is 1. The molecule has 4 fully saturated rings. The van der Waals surface area contributed by atoms with Crippen LogP contribution in [0.25, 0.3) is 0 Å². The van der Waals surface area contributed by atoms with E-state index in [1.807, 2.05) is 27.7 Å². The van der Waals surface area contributed by atoms with Crippen LogP contribution in [0.5, 0.6) is 0 Å². The molecule has 0 bridgehead atoms. The summed E-state index contributed by atoms with van der Waals surface area (Å²) in [5.41, 5.74) is 0. The summed E-state index contributed by atoms with van der Waals surface area (Å²) < 4.78 is 41.5. The Morgan fingerprint density at radius 3 is 2.42 bits per heavy atom. The minimum absolute atomic E-state index is 0.195. The lowest BCUT2D eigenvalue weighted by molar-refractivity contribution is -0.236. The molecular weight excluding hydrogens is 342 g/mol. The van der Waals surface area contributed by atoms with E-state index in [4.69, 9.17) is 33.2 Å². The van der Waals surface area contributed by atoms with Crippen LogP contribution in [-0.2, 0) is 33.2 Å². The van der Waals surface area contributed by atoms with Gasteiger partial charge < -0.3 is 33.2 Å². The van der Waals surface area contributed by atoms with E-state index < -0.39 is 17.9 Å². The molecule has 26 heavy (non-hydrogen) atoms. The molecule has 0 aliphatic carbocycles. The van der Waals surface area contributed by atoms with Crippen LogP contribution in [0.1, 0.15) is 27.7 Å². The molecule has 0 amide bonds. The molecule has 1 unspecified atom stereocenters. The molecule has 0 aromatic heterocycles. The van der Waals surface area contributed by atoms with E-state index in [1.165, 1.54) is 0 Å². The molecule has 8 heteroatoms. The lowest BCUT2D eigenvalue weighted by atomic mass is 10.1. The predicted molar refractivity (Wildman–Crippen MR) is 90.6 cm³/mol. The average Bonchev–Trinajstić information content (AvgIpc) is 3.18. The zero-order valence-electron chi connectivity index (χ0n) is 16.1. The first kappa shape index (κ1) is 19.0. The largest absolute Gasteiger partial charge is 0.379 e. The van der Waals surface area contributed by atoms with Gasteiger partial charge in [-0.25, -0.2) is 0 Å². The van der Waals surface area contributed by atoms with Gasteiger partial charge in [-0.2, -0.15) is 0 Å². The molecule has 0 N–H and O–H groups in total. The minimum atomic E-state index is -0.668. The van der Waals surface area contributed by atoms with Crippen molar-refractivity contribution in [2.75, 3.05) is 46.1 Å². The van der Waals surface area contributed by atoms with Gasteiger partial charge in [-0.15, -0.1) is 0 Å². The SMILES string of the molecule is CC1(C)OCC([C@H]2O[C@@H]3OC(C)(C)O[C@@H]3[C@H]2OCCN2CCOCC2)O1. The van der Waals surface area contributed by atoms with Crippen molar-refractivity contribution in [1.82, 2.24) is 4.90 Å². The second kappa shape index (κ2) is 7.25. The summed E-state index contributed by atoms with van der Waals surface area (Å²) in [6.07, 6.45) is -1.40. The quantitative estimate of drug-likeness (QED) is 0.699. The first-order valence-corrected chi connectivity index (χ1v) is 9.58. The highest BCUT2D eigenvalue weighted by Crippen LogP contribution is 2.41. The Balaban J connectivity index is 1.38. The molecule has 4 saturated heterocycles. The van der Waals surface area contributed by atoms with Crippen LogP contribution in [-0.4, -0.2) is 93.2 Å². The van der Waals surface area contributed by atoms with Gasteiger partial charge in [0.2, 0.25) is 0 Å². The molecule has 4 aliphatic rings. The average molecular weight is 373 g/mol. The van der Waals surface area contributed by atoms with E-state index in [-0.39, 0.29) is 24.4 Å². The fraction of sp³-hybridized carbons (Fsp3) is 1.00. The van der Waals surface area contributed by atoms with Gasteiger partial charge in [0.05, 0.1) is 26.4 Å². The molecule has 4 heterocycles. The van der Waals surface area contributed by atoms with Gasteiger partial charge in [0.25, 0.3) is 0 Å². The highest BCUT2D eigenvalue weighted by atomic mass is 16.8. The second-order valence-corrected chi connectivity index (χ2v) is 8.23. The smallest absolute Gasteiger partial charge is 0.190 e. The van der Waals surface area contributed by atoms with Crippen LogP contribution < -0.4 is 0 Å². The summed E-state index contributed by atoms with van der Waals surface area (Å²) in [6.45, 7) is 13.0. The van der Waals surface area contributed by atoms with Crippen molar-refractivity contribution in [2.45, 2.75) is 70.0 Å². The van der Waals surface area contributed by atoms with E-state index in [2.05, 4.69) is 4.90 Å². The van der Waals surface area contributed by atoms with Crippen molar-refractivity contribution in [3.63, 3.8) is 0 Å². The molecule has 4 rings (SSSR count). The van der Waals surface area contributed by atoms with Crippen LogP contribution in [0.3, 0.4) is 0 Å². The second-order valence-electron chi connectivity index (χ2n) is 8.23. The first-order valence-electron chi connectivity index (χ1n) is 9.58. The van der Waals surface area contributed by atoms with Crippen molar-refractivity contribution >= 4 is 0 Å². The minimum Gasteiger partial charge on any atom is -0.379 e. The van der Waals surface area contributed by atoms with Gasteiger partial charge in [0.1, 0.15) is 24.4 Å². The van der Waals surface area contributed by atoms with Crippen molar-refractivity contribution in [3.05, 3.63) is 0 Å². The number of hydrogen-bond acceptors (Lipinski definition) is 8. The Hall–Kier alpha value is -0.320. The molecule has 0 radical (unpaired) electrons. The maximum absolute atomic E-state index is 6.26. The van der Waals surface area contributed by atoms with Gasteiger partial charge in [-0.1, -0.05) is 0 Å². The Morgan fingerprint density at radius 2 is 1.73 bits per heavy atom. The zero-order chi connectivity index (χ0) is 18.4. The maximum atomic E-state index is 6.26. The summed E-state index contributed by atoms with van der Waals surface area (Å²) in [7, 11) is 0.